The average Bonchev–Trinajstić information content (AvgIpc) is 2.63. The molecule has 3 N–H and O–H groups in total. The van der Waals surface area contributed by atoms with Gasteiger partial charge in [-0.2, -0.15) is 0 Å². The number of anilines is 1. The third-order valence-electron chi connectivity index (χ3n) is 4.21. The van der Waals surface area contributed by atoms with Gasteiger partial charge in [-0.1, -0.05) is 19.1 Å². The normalized spacial score (nSPS) is 14.5. The van der Waals surface area contributed by atoms with Crippen LogP contribution in [0.25, 0.3) is 0 Å². The first-order valence-electron chi connectivity index (χ1n) is 9.18. The van der Waals surface area contributed by atoms with E-state index in [0.717, 1.165) is 16.8 Å². The molecule has 148 valence electrons. The van der Waals surface area contributed by atoms with Crippen LogP contribution in [0.15, 0.2) is 30.6 Å². The minimum absolute atomic E-state index is 0.253. The van der Waals surface area contributed by atoms with Crippen LogP contribution in [0.2, 0.25) is 0 Å². The molecule has 0 saturated heterocycles. The predicted octanol–water partition coefficient (Wildman–Crippen LogP) is 3.66. The highest BCUT2D eigenvalue weighted by molar-refractivity contribution is 7.57. The summed E-state index contributed by atoms with van der Waals surface area (Å²) in [6.45, 7) is 8.80. The fraction of sp³-hybridized carbons (Fsp3) is 0.474. The Hall–Kier alpha value is -1.95. The number of hydrogen-bond acceptors (Lipinski definition) is 6. The van der Waals surface area contributed by atoms with Crippen molar-refractivity contribution in [3.05, 3.63) is 47.4 Å². The fourth-order valence-corrected chi connectivity index (χ4v) is 5.00. The summed E-state index contributed by atoms with van der Waals surface area (Å²) in [4.78, 5) is 8.53. The molecule has 1 heterocycles. The Morgan fingerprint density at radius 2 is 2.00 bits per heavy atom. The van der Waals surface area contributed by atoms with Crippen LogP contribution in [0, 0.1) is 13.8 Å². The Bertz CT molecular complexity index is 773. The standard InChI is InChI=1S/C19H29N4O3P/c1-5-23-27(25,26-6-2)17(10-16-7-8-18(24)14(3)9-16)12-22-19-13-20-15(4)11-21-19/h7-9,11,13,17,24H,5-6,10,12H2,1-4H3,(H,21,22)(H,23,25). The third kappa shape index (κ3) is 6.03. The molecule has 0 radical (unpaired) electrons. The van der Waals surface area contributed by atoms with Gasteiger partial charge in [-0.15, -0.1) is 0 Å². The number of benzene rings is 1. The zero-order valence-electron chi connectivity index (χ0n) is 16.4. The molecule has 2 atom stereocenters. The molecule has 0 fully saturated rings. The highest BCUT2D eigenvalue weighted by Crippen LogP contribution is 2.49. The van der Waals surface area contributed by atoms with Crippen LogP contribution in [0.3, 0.4) is 0 Å². The lowest BCUT2D eigenvalue weighted by Gasteiger charge is -2.28. The van der Waals surface area contributed by atoms with E-state index in [0.29, 0.717) is 31.9 Å². The SMILES string of the molecule is CCNP(=O)(OCC)C(CNc1cnc(C)cn1)Cc1ccc(O)c(C)c1. The molecule has 8 heteroatoms. The van der Waals surface area contributed by atoms with Crippen molar-refractivity contribution in [3.8, 4) is 5.75 Å². The molecule has 0 aliphatic carbocycles. The summed E-state index contributed by atoms with van der Waals surface area (Å²) in [6.07, 6.45) is 3.89. The van der Waals surface area contributed by atoms with Crippen molar-refractivity contribution in [2.45, 2.75) is 39.8 Å². The highest BCUT2D eigenvalue weighted by Gasteiger charge is 2.33. The maximum atomic E-state index is 13.5. The Morgan fingerprint density at radius 3 is 2.59 bits per heavy atom. The van der Waals surface area contributed by atoms with Crippen molar-refractivity contribution in [3.63, 3.8) is 0 Å². The first kappa shape index (κ1) is 21.4. The van der Waals surface area contributed by atoms with Crippen LogP contribution in [0.4, 0.5) is 5.82 Å². The Balaban J connectivity index is 2.24. The summed E-state index contributed by atoms with van der Waals surface area (Å²) in [7, 11) is -3.09. The molecule has 0 spiro atoms. The van der Waals surface area contributed by atoms with Crippen molar-refractivity contribution in [1.82, 2.24) is 15.1 Å². The fourth-order valence-electron chi connectivity index (χ4n) is 2.83. The van der Waals surface area contributed by atoms with Gasteiger partial charge < -0.3 is 14.9 Å². The molecule has 27 heavy (non-hydrogen) atoms. The smallest absolute Gasteiger partial charge is 0.274 e. The number of aromatic hydroxyl groups is 1. The molecule has 2 rings (SSSR count). The van der Waals surface area contributed by atoms with Gasteiger partial charge in [0.1, 0.15) is 11.6 Å². The zero-order valence-corrected chi connectivity index (χ0v) is 17.3. The molecule has 0 amide bonds. The second-order valence-corrected chi connectivity index (χ2v) is 8.93. The summed E-state index contributed by atoms with van der Waals surface area (Å²) in [5, 5.41) is 16.0. The van der Waals surface area contributed by atoms with Gasteiger partial charge in [0.2, 0.25) is 0 Å². The van der Waals surface area contributed by atoms with E-state index in [-0.39, 0.29) is 11.4 Å². The van der Waals surface area contributed by atoms with E-state index in [1.54, 1.807) is 18.5 Å². The Kier molecular flexibility index (Phi) is 7.78. The van der Waals surface area contributed by atoms with Crippen LogP contribution < -0.4 is 10.4 Å². The minimum atomic E-state index is -3.09. The second-order valence-electron chi connectivity index (χ2n) is 6.43. The number of nitrogens with one attached hydrogen (secondary N) is 2. The molecule has 1 aromatic carbocycles. The zero-order chi connectivity index (χ0) is 19.9. The van der Waals surface area contributed by atoms with Crippen LogP contribution in [-0.4, -0.2) is 40.4 Å². The number of phenolic OH excluding ortho intramolecular Hbond substituents is 1. The van der Waals surface area contributed by atoms with Crippen LogP contribution in [0.1, 0.15) is 30.7 Å². The minimum Gasteiger partial charge on any atom is -0.508 e. The summed E-state index contributed by atoms with van der Waals surface area (Å²) >= 11 is 0. The lowest BCUT2D eigenvalue weighted by Crippen LogP contribution is -2.30. The summed E-state index contributed by atoms with van der Waals surface area (Å²) in [5.41, 5.74) is 2.32. The maximum Gasteiger partial charge on any atom is 0.274 e. The maximum absolute atomic E-state index is 13.5. The number of phenols is 1. The molecule has 0 aliphatic rings. The number of aryl methyl sites for hydroxylation is 2. The molecular formula is C19H29N4O3P. The number of aromatic nitrogens is 2. The summed E-state index contributed by atoms with van der Waals surface area (Å²) < 4.78 is 19.2. The van der Waals surface area contributed by atoms with Crippen molar-refractivity contribution in [2.24, 2.45) is 0 Å². The topological polar surface area (TPSA) is 96.4 Å². The summed E-state index contributed by atoms with van der Waals surface area (Å²) in [6, 6.07) is 5.43. The molecule has 2 aromatic rings. The molecular weight excluding hydrogens is 363 g/mol. The number of rotatable bonds is 10. The van der Waals surface area contributed by atoms with Crippen LogP contribution >= 0.6 is 7.52 Å². The van der Waals surface area contributed by atoms with Crippen molar-refractivity contribution < 1.29 is 14.2 Å². The van der Waals surface area contributed by atoms with Gasteiger partial charge in [0.05, 0.1) is 30.4 Å². The van der Waals surface area contributed by atoms with E-state index < -0.39 is 7.52 Å². The van der Waals surface area contributed by atoms with Gasteiger partial charge in [-0.05, 0) is 44.4 Å². The van der Waals surface area contributed by atoms with Gasteiger partial charge in [0.25, 0.3) is 7.52 Å². The molecule has 2 unspecified atom stereocenters. The quantitative estimate of drug-likeness (QED) is 0.531. The number of hydrogen-bond donors (Lipinski definition) is 3. The third-order valence-corrected chi connectivity index (χ3v) is 6.94. The monoisotopic (exact) mass is 392 g/mol. The van der Waals surface area contributed by atoms with Gasteiger partial charge >= 0.3 is 0 Å². The van der Waals surface area contributed by atoms with Gasteiger partial charge in [-0.3, -0.25) is 9.55 Å². The first-order chi connectivity index (χ1) is 12.9. The van der Waals surface area contributed by atoms with Gasteiger partial charge in [-0.25, -0.2) is 10.1 Å². The predicted molar refractivity (Wildman–Crippen MR) is 109 cm³/mol. The van der Waals surface area contributed by atoms with Crippen LogP contribution in [0.5, 0.6) is 5.75 Å². The molecule has 1 aromatic heterocycles. The highest BCUT2D eigenvalue weighted by atomic mass is 31.2. The summed E-state index contributed by atoms with van der Waals surface area (Å²) in [5.74, 6) is 0.884. The number of nitrogens with zero attached hydrogens (tertiary/aromatic N) is 2. The van der Waals surface area contributed by atoms with E-state index in [1.807, 2.05) is 39.8 Å². The first-order valence-corrected chi connectivity index (χ1v) is 10.9. The average molecular weight is 392 g/mol. The Labute approximate surface area is 161 Å². The van der Waals surface area contributed by atoms with E-state index >= 15 is 0 Å². The lowest BCUT2D eigenvalue weighted by atomic mass is 10.1. The van der Waals surface area contributed by atoms with Gasteiger partial charge in [0, 0.05) is 13.1 Å². The van der Waals surface area contributed by atoms with E-state index in [2.05, 4.69) is 20.4 Å². The van der Waals surface area contributed by atoms with Crippen LogP contribution in [-0.2, 0) is 15.5 Å². The second kappa shape index (κ2) is 9.83. The lowest BCUT2D eigenvalue weighted by molar-refractivity contribution is 0.317. The van der Waals surface area contributed by atoms with Crippen molar-refractivity contribution in [2.75, 3.05) is 25.0 Å². The van der Waals surface area contributed by atoms with E-state index in [9.17, 15) is 9.67 Å². The van der Waals surface area contributed by atoms with Crippen molar-refractivity contribution in [1.29, 1.82) is 0 Å². The molecule has 0 bridgehead atoms. The molecule has 0 saturated carbocycles. The van der Waals surface area contributed by atoms with Crippen molar-refractivity contribution >= 4 is 13.3 Å². The molecule has 0 aliphatic heterocycles. The largest absolute Gasteiger partial charge is 0.508 e. The van der Waals surface area contributed by atoms with E-state index in [4.69, 9.17) is 4.52 Å². The molecule has 7 nitrogen and oxygen atoms in total. The van der Waals surface area contributed by atoms with Gasteiger partial charge in [0.15, 0.2) is 0 Å². The Morgan fingerprint density at radius 1 is 1.22 bits per heavy atom. The van der Waals surface area contributed by atoms with E-state index in [1.165, 1.54) is 0 Å².